The van der Waals surface area contributed by atoms with Crippen molar-refractivity contribution in [1.82, 2.24) is 0 Å². The molecule has 2 nitrogen and oxygen atoms in total. The van der Waals surface area contributed by atoms with Crippen molar-refractivity contribution in [3.8, 4) is 12.1 Å². The molecule has 0 aliphatic carbocycles. The van der Waals surface area contributed by atoms with Gasteiger partial charge < -0.3 is 0 Å². The smallest absolute Gasteiger partial charge is 0.0940 e. The Balaban J connectivity index is 3.58. The zero-order chi connectivity index (χ0) is 9.40. The van der Waals surface area contributed by atoms with Crippen LogP contribution in [0.25, 0.3) is 0 Å². The summed E-state index contributed by atoms with van der Waals surface area (Å²) in [5, 5.41) is 16.8. The molecule has 0 heterocycles. The maximum Gasteiger partial charge on any atom is 0.0940 e. The molecule has 0 aromatic heterocycles. The molecular weight excluding hydrogens is 148 g/mol. The van der Waals surface area contributed by atoms with Crippen molar-refractivity contribution in [1.29, 1.82) is 10.5 Å². The van der Waals surface area contributed by atoms with Crippen LogP contribution in [0.15, 0.2) is 11.6 Å². The van der Waals surface area contributed by atoms with Crippen LogP contribution in [0.4, 0.5) is 0 Å². The van der Waals surface area contributed by atoms with E-state index in [0.717, 1.165) is 18.4 Å². The van der Waals surface area contributed by atoms with E-state index in [1.165, 1.54) is 0 Å². The first-order valence-electron chi connectivity index (χ1n) is 4.14. The fraction of sp³-hybridized carbons (Fsp3) is 0.600. The Morgan fingerprint density at radius 2 is 2.17 bits per heavy atom. The molecule has 64 valence electrons. The van der Waals surface area contributed by atoms with E-state index in [4.69, 9.17) is 10.5 Å². The van der Waals surface area contributed by atoms with Crippen LogP contribution in [0.3, 0.4) is 0 Å². The summed E-state index contributed by atoms with van der Waals surface area (Å²) in [5.41, 5.74) is 0.763. The second-order valence-corrected chi connectivity index (χ2v) is 3.04. The average molecular weight is 162 g/mol. The molecule has 0 aliphatic rings. The predicted molar refractivity (Wildman–Crippen MR) is 48.0 cm³/mol. The monoisotopic (exact) mass is 162 g/mol. The third-order valence-electron chi connectivity index (χ3n) is 1.73. The van der Waals surface area contributed by atoms with Gasteiger partial charge in [-0.3, -0.25) is 0 Å². The van der Waals surface area contributed by atoms with Gasteiger partial charge in [-0.05, 0) is 25.7 Å². The van der Waals surface area contributed by atoms with Crippen molar-refractivity contribution < 1.29 is 0 Å². The SMILES string of the molecule is CC(C#N)=CCCC(C)CC#N. The molecule has 0 rings (SSSR count). The predicted octanol–water partition coefficient (Wildman–Crippen LogP) is 2.79. The normalized spacial score (nSPS) is 13.2. The lowest BCUT2D eigenvalue weighted by Gasteiger charge is -2.02. The molecule has 0 aromatic rings. The first-order valence-corrected chi connectivity index (χ1v) is 4.14. The molecule has 0 spiro atoms. The minimum Gasteiger partial charge on any atom is -0.198 e. The maximum absolute atomic E-state index is 8.43. The van der Waals surface area contributed by atoms with Gasteiger partial charge in [0, 0.05) is 12.0 Å². The Bertz CT molecular complexity index is 227. The molecule has 0 bridgehead atoms. The summed E-state index contributed by atoms with van der Waals surface area (Å²) >= 11 is 0. The summed E-state index contributed by atoms with van der Waals surface area (Å²) in [5.74, 6) is 0.442. The number of hydrogen-bond donors (Lipinski definition) is 0. The lowest BCUT2D eigenvalue weighted by molar-refractivity contribution is 0.551. The van der Waals surface area contributed by atoms with Crippen LogP contribution in [-0.4, -0.2) is 0 Å². The van der Waals surface area contributed by atoms with E-state index in [1.807, 2.05) is 6.08 Å². The van der Waals surface area contributed by atoms with Crippen LogP contribution in [0.5, 0.6) is 0 Å². The summed E-state index contributed by atoms with van der Waals surface area (Å²) in [6.45, 7) is 3.85. The maximum atomic E-state index is 8.43. The number of nitriles is 2. The fourth-order valence-electron chi connectivity index (χ4n) is 0.888. The minimum absolute atomic E-state index is 0.442. The van der Waals surface area contributed by atoms with E-state index in [9.17, 15) is 0 Å². The van der Waals surface area contributed by atoms with Crippen molar-refractivity contribution >= 4 is 0 Å². The highest BCUT2D eigenvalue weighted by Crippen LogP contribution is 2.10. The van der Waals surface area contributed by atoms with Gasteiger partial charge in [-0.15, -0.1) is 0 Å². The molecule has 0 aromatic carbocycles. The Labute approximate surface area is 74.1 Å². The van der Waals surface area contributed by atoms with Crippen molar-refractivity contribution in [3.63, 3.8) is 0 Å². The minimum atomic E-state index is 0.442. The lowest BCUT2D eigenvalue weighted by atomic mass is 10.0. The molecule has 1 atom stereocenters. The van der Waals surface area contributed by atoms with Crippen molar-refractivity contribution in [2.24, 2.45) is 5.92 Å². The molecule has 12 heavy (non-hydrogen) atoms. The molecule has 1 unspecified atom stereocenters. The highest BCUT2D eigenvalue weighted by molar-refractivity contribution is 5.16. The van der Waals surface area contributed by atoms with Gasteiger partial charge in [0.15, 0.2) is 0 Å². The van der Waals surface area contributed by atoms with Gasteiger partial charge in [0.2, 0.25) is 0 Å². The quantitative estimate of drug-likeness (QED) is 0.597. The molecule has 0 saturated carbocycles. The highest BCUT2D eigenvalue weighted by Gasteiger charge is 1.98. The zero-order valence-corrected chi connectivity index (χ0v) is 7.67. The third kappa shape index (κ3) is 5.50. The number of allylic oxidation sites excluding steroid dienone is 2. The Kier molecular flexibility index (Phi) is 5.75. The second kappa shape index (κ2) is 6.43. The van der Waals surface area contributed by atoms with E-state index >= 15 is 0 Å². The standard InChI is InChI=1S/C10H14N2/c1-9(6-7-11)4-3-5-10(2)8-12/h5,9H,3-4,6H2,1-2H3. The Hall–Kier alpha value is -1.28. The van der Waals surface area contributed by atoms with Gasteiger partial charge in [-0.25, -0.2) is 0 Å². The first kappa shape index (κ1) is 10.7. The topological polar surface area (TPSA) is 47.6 Å². The van der Waals surface area contributed by atoms with Crippen molar-refractivity contribution in [2.45, 2.75) is 33.1 Å². The summed E-state index contributed by atoms with van der Waals surface area (Å²) in [6, 6.07) is 4.20. The zero-order valence-electron chi connectivity index (χ0n) is 7.67. The molecule has 0 amide bonds. The van der Waals surface area contributed by atoms with E-state index < -0.39 is 0 Å². The van der Waals surface area contributed by atoms with Gasteiger partial charge in [-0.1, -0.05) is 13.0 Å². The average Bonchev–Trinajstić information content (AvgIpc) is 2.04. The van der Waals surface area contributed by atoms with E-state index in [1.54, 1.807) is 6.92 Å². The second-order valence-electron chi connectivity index (χ2n) is 3.04. The summed E-state index contributed by atoms with van der Waals surface area (Å²) < 4.78 is 0. The Morgan fingerprint density at radius 3 is 2.67 bits per heavy atom. The molecule has 0 N–H and O–H groups in total. The van der Waals surface area contributed by atoms with Gasteiger partial charge in [0.05, 0.1) is 12.1 Å². The van der Waals surface area contributed by atoms with Gasteiger partial charge in [0.25, 0.3) is 0 Å². The highest BCUT2D eigenvalue weighted by atomic mass is 14.2. The lowest BCUT2D eigenvalue weighted by Crippen LogP contribution is -1.91. The van der Waals surface area contributed by atoms with E-state index in [2.05, 4.69) is 19.1 Å². The number of nitrogens with zero attached hydrogens (tertiary/aromatic N) is 2. The first-order chi connectivity index (χ1) is 5.70. The molecular formula is C10H14N2. The summed E-state index contributed by atoms with van der Waals surface area (Å²) in [4.78, 5) is 0. The molecule has 0 aliphatic heterocycles. The Morgan fingerprint density at radius 1 is 1.50 bits per heavy atom. The summed E-state index contributed by atoms with van der Waals surface area (Å²) in [6.07, 6.45) is 4.43. The largest absolute Gasteiger partial charge is 0.198 e. The van der Waals surface area contributed by atoms with Crippen molar-refractivity contribution in [3.05, 3.63) is 11.6 Å². The van der Waals surface area contributed by atoms with Gasteiger partial charge in [-0.2, -0.15) is 10.5 Å². The molecule has 0 saturated heterocycles. The van der Waals surface area contributed by atoms with Crippen molar-refractivity contribution in [2.75, 3.05) is 0 Å². The van der Waals surface area contributed by atoms with Crippen LogP contribution in [0, 0.1) is 28.6 Å². The third-order valence-corrected chi connectivity index (χ3v) is 1.73. The van der Waals surface area contributed by atoms with E-state index in [-0.39, 0.29) is 0 Å². The molecule has 2 heteroatoms. The summed E-state index contributed by atoms with van der Waals surface area (Å²) in [7, 11) is 0. The molecule has 0 radical (unpaired) electrons. The van der Waals surface area contributed by atoms with Crippen LogP contribution in [0.2, 0.25) is 0 Å². The van der Waals surface area contributed by atoms with Crippen LogP contribution in [-0.2, 0) is 0 Å². The number of hydrogen-bond acceptors (Lipinski definition) is 2. The van der Waals surface area contributed by atoms with Crippen LogP contribution < -0.4 is 0 Å². The fourth-order valence-corrected chi connectivity index (χ4v) is 0.888. The van der Waals surface area contributed by atoms with Crippen LogP contribution >= 0.6 is 0 Å². The van der Waals surface area contributed by atoms with Crippen LogP contribution in [0.1, 0.15) is 33.1 Å². The van der Waals surface area contributed by atoms with E-state index in [0.29, 0.717) is 12.3 Å². The number of rotatable bonds is 4. The van der Waals surface area contributed by atoms with Gasteiger partial charge in [0.1, 0.15) is 0 Å². The molecule has 0 fully saturated rings. The van der Waals surface area contributed by atoms with Gasteiger partial charge >= 0.3 is 0 Å².